The molecule has 0 unspecified atom stereocenters. The normalized spacial score (nSPS) is 1.71. The van der Waals surface area contributed by atoms with Crippen molar-refractivity contribution in [3.63, 3.8) is 0 Å². The van der Waals surface area contributed by atoms with Crippen LogP contribution < -0.4 is 0 Å². The van der Waals surface area contributed by atoms with Crippen LogP contribution in [0.5, 0.6) is 0 Å². The van der Waals surface area contributed by atoms with Gasteiger partial charge in [0.05, 0.1) is 0 Å². The second-order valence-electron chi connectivity index (χ2n) is 0. The Balaban J connectivity index is -0.00000000267. The monoisotopic (exact) mass is 329 g/mol. The Morgan fingerprint density at radius 3 is 0.714 bits per heavy atom. The van der Waals surface area contributed by atoms with E-state index < -0.39 is 0 Å². The van der Waals surface area contributed by atoms with Crippen LogP contribution >= 0.6 is 0 Å². The summed E-state index contributed by atoms with van der Waals surface area (Å²) in [7, 11) is 0. The maximum absolute atomic E-state index is 2.00. The molecule has 48 valence electrons. The molecule has 0 aliphatic carbocycles. The third-order valence-electron chi connectivity index (χ3n) is 0. The molecule has 0 heterocycles. The minimum atomic E-state index is 0. The van der Waals surface area contributed by atoms with Gasteiger partial charge in [-0.3, -0.25) is 0 Å². The summed E-state index contributed by atoms with van der Waals surface area (Å²) in [5.41, 5.74) is 0. The average Bonchev–Trinajstić information content (AvgIpc) is 1.50. The van der Waals surface area contributed by atoms with Gasteiger partial charge in [-0.05, 0) is 0 Å². The Kier molecular flexibility index (Phi) is 1430. The van der Waals surface area contributed by atoms with E-state index in [2.05, 4.69) is 0 Å². The molecule has 0 aliphatic rings. The van der Waals surface area contributed by atoms with Gasteiger partial charge in [-0.2, -0.15) is 0 Å². The van der Waals surface area contributed by atoms with Crippen molar-refractivity contribution in [3.8, 4) is 0 Å². The van der Waals surface area contributed by atoms with Gasteiger partial charge in [0, 0.05) is 31.1 Å². The van der Waals surface area contributed by atoms with Crippen LogP contribution in [0.3, 0.4) is 0 Å². The molecule has 0 atom stereocenters. The maximum atomic E-state index is 2.00. The minimum absolute atomic E-state index is 0. The Bertz CT molecular complexity index is 4.14. The first kappa shape index (κ1) is 43.0. The van der Waals surface area contributed by atoms with Crippen molar-refractivity contribution in [2.75, 3.05) is 0 Å². The molecule has 0 saturated carbocycles. The summed E-state index contributed by atoms with van der Waals surface area (Å²) in [6.07, 6.45) is 0. The molecule has 0 aromatic rings. The SMILES string of the molecule is C.CC.CC.[CH3-].[U]. The summed E-state index contributed by atoms with van der Waals surface area (Å²) in [6, 6.07) is 0. The summed E-state index contributed by atoms with van der Waals surface area (Å²) < 4.78 is 0. The van der Waals surface area contributed by atoms with Gasteiger partial charge >= 0.3 is 0 Å². The summed E-state index contributed by atoms with van der Waals surface area (Å²) in [5.74, 6) is 0. The molecule has 0 nitrogen and oxygen atoms in total. The maximum Gasteiger partial charge on any atom is 0 e. The molecule has 0 aromatic heterocycles. The van der Waals surface area contributed by atoms with E-state index in [1.807, 2.05) is 27.7 Å². The first-order chi connectivity index (χ1) is 2.00. The summed E-state index contributed by atoms with van der Waals surface area (Å²) in [6.45, 7) is 8.00. The molecular formula is C6H19U-. The molecule has 0 amide bonds. The standard InChI is InChI=1S/2C2H6.CH4.CH3.U/c2*1-2;;;/h2*1-2H3;1H4;1H3;/q;;;-1;. The average molecular weight is 329 g/mol. The van der Waals surface area contributed by atoms with Crippen LogP contribution in [0.1, 0.15) is 35.1 Å². The quantitative estimate of drug-likeness (QED) is 0.599. The summed E-state index contributed by atoms with van der Waals surface area (Å²) >= 11 is 0. The predicted molar refractivity (Wildman–Crippen MR) is 35.8 cm³/mol. The minimum Gasteiger partial charge on any atom is -0.358 e. The fraction of sp³-hybridized carbons (Fsp3) is 0.833. The van der Waals surface area contributed by atoms with Crippen molar-refractivity contribution in [2.45, 2.75) is 35.1 Å². The van der Waals surface area contributed by atoms with Gasteiger partial charge in [-0.25, -0.2) is 0 Å². The second-order valence-corrected chi connectivity index (χ2v) is 0. The molecule has 0 fully saturated rings. The van der Waals surface area contributed by atoms with Crippen molar-refractivity contribution in [3.05, 3.63) is 7.43 Å². The molecule has 0 spiro atoms. The van der Waals surface area contributed by atoms with E-state index in [9.17, 15) is 0 Å². The van der Waals surface area contributed by atoms with Gasteiger partial charge < -0.3 is 7.43 Å². The van der Waals surface area contributed by atoms with Crippen molar-refractivity contribution in [1.82, 2.24) is 0 Å². The zero-order chi connectivity index (χ0) is 4.00. The van der Waals surface area contributed by atoms with E-state index in [0.29, 0.717) is 0 Å². The van der Waals surface area contributed by atoms with Crippen molar-refractivity contribution < 1.29 is 31.1 Å². The molecule has 0 rings (SSSR count). The van der Waals surface area contributed by atoms with E-state index in [0.717, 1.165) is 0 Å². The van der Waals surface area contributed by atoms with Gasteiger partial charge in [-0.1, -0.05) is 35.1 Å². The number of hydrogen-bond acceptors (Lipinski definition) is 0. The molecule has 0 saturated heterocycles. The van der Waals surface area contributed by atoms with Gasteiger partial charge in [0.15, 0.2) is 0 Å². The molecule has 1 heteroatoms. The van der Waals surface area contributed by atoms with Crippen LogP contribution in [0.4, 0.5) is 0 Å². The third kappa shape index (κ3) is 163. The largest absolute Gasteiger partial charge is 0.358 e. The van der Waals surface area contributed by atoms with Crippen LogP contribution in [0.15, 0.2) is 0 Å². The zero-order valence-electron chi connectivity index (χ0n) is 5.50. The van der Waals surface area contributed by atoms with Crippen LogP contribution in [0.2, 0.25) is 0 Å². The number of rotatable bonds is 0. The molecular weight excluding hydrogens is 310 g/mol. The fourth-order valence-corrected chi connectivity index (χ4v) is 0. The number of hydrogen-bond donors (Lipinski definition) is 0. The van der Waals surface area contributed by atoms with E-state index in [-0.39, 0.29) is 46.0 Å². The van der Waals surface area contributed by atoms with E-state index in [1.54, 1.807) is 0 Å². The predicted octanol–water partition coefficient (Wildman–Crippen LogP) is 3.14. The molecule has 0 N–H and O–H groups in total. The molecule has 0 aromatic carbocycles. The van der Waals surface area contributed by atoms with Gasteiger partial charge in [0.2, 0.25) is 0 Å². The van der Waals surface area contributed by atoms with Crippen molar-refractivity contribution in [1.29, 1.82) is 0 Å². The summed E-state index contributed by atoms with van der Waals surface area (Å²) in [4.78, 5) is 0. The van der Waals surface area contributed by atoms with Gasteiger partial charge in [0.1, 0.15) is 0 Å². The molecule has 7 heavy (non-hydrogen) atoms. The Hall–Kier alpha value is 1.05. The first-order valence-corrected chi connectivity index (χ1v) is 2.00. The molecule has 0 bridgehead atoms. The molecule has 0 aliphatic heterocycles. The van der Waals surface area contributed by atoms with Gasteiger partial charge in [0.25, 0.3) is 0 Å². The summed E-state index contributed by atoms with van der Waals surface area (Å²) in [5, 5.41) is 0. The van der Waals surface area contributed by atoms with E-state index in [4.69, 9.17) is 0 Å². The van der Waals surface area contributed by atoms with Gasteiger partial charge in [-0.15, -0.1) is 0 Å². The molecule has 0 radical (unpaired) electrons. The third-order valence-corrected chi connectivity index (χ3v) is 0. The Morgan fingerprint density at radius 2 is 0.714 bits per heavy atom. The zero-order valence-corrected chi connectivity index (χ0v) is 9.66. The Morgan fingerprint density at radius 1 is 0.714 bits per heavy atom. The fourth-order valence-electron chi connectivity index (χ4n) is 0. The van der Waals surface area contributed by atoms with Crippen molar-refractivity contribution in [2.24, 2.45) is 0 Å². The van der Waals surface area contributed by atoms with Crippen LogP contribution in [-0.2, 0) is 0 Å². The topological polar surface area (TPSA) is 0 Å². The van der Waals surface area contributed by atoms with E-state index in [1.165, 1.54) is 0 Å². The van der Waals surface area contributed by atoms with Crippen LogP contribution in [0.25, 0.3) is 0 Å². The first-order valence-electron chi connectivity index (χ1n) is 2.00. The van der Waals surface area contributed by atoms with Crippen LogP contribution in [0, 0.1) is 38.5 Å². The smallest absolute Gasteiger partial charge is 0 e. The van der Waals surface area contributed by atoms with E-state index >= 15 is 0 Å². The Labute approximate surface area is 73.5 Å². The van der Waals surface area contributed by atoms with Crippen molar-refractivity contribution >= 4 is 0 Å². The second kappa shape index (κ2) is 233. The van der Waals surface area contributed by atoms with Crippen LogP contribution in [-0.4, -0.2) is 0 Å².